The number of aryl methyl sites for hydroxylation is 1. The Morgan fingerprint density at radius 3 is 2.26 bits per heavy atom. The molecule has 1 N–H and O–H groups in total. The van der Waals surface area contributed by atoms with E-state index in [1.807, 2.05) is 52.0 Å². The largest absolute Gasteiger partial charge is 0.350 e. The smallest absolute Gasteiger partial charge is 0.244 e. The lowest BCUT2D eigenvalue weighted by atomic mass is 10.0. The van der Waals surface area contributed by atoms with Gasteiger partial charge in [0.1, 0.15) is 18.4 Å². The summed E-state index contributed by atoms with van der Waals surface area (Å²) in [6, 6.07) is 12.1. The first-order valence-corrected chi connectivity index (χ1v) is 13.0. The Bertz CT molecular complexity index is 1130. The highest BCUT2D eigenvalue weighted by Crippen LogP contribution is 2.23. The minimum atomic E-state index is -3.98. The molecule has 7 nitrogen and oxygen atoms in total. The number of anilines is 1. The van der Waals surface area contributed by atoms with E-state index in [1.165, 1.54) is 23.1 Å². The van der Waals surface area contributed by atoms with Crippen molar-refractivity contribution in [1.29, 1.82) is 0 Å². The molecule has 2 aromatic carbocycles. The summed E-state index contributed by atoms with van der Waals surface area (Å²) in [5, 5.41) is 2.90. The van der Waals surface area contributed by atoms with E-state index < -0.39 is 39.9 Å². The fourth-order valence-corrected chi connectivity index (χ4v) is 4.48. The molecule has 0 radical (unpaired) electrons. The van der Waals surface area contributed by atoms with Crippen LogP contribution in [-0.4, -0.2) is 49.5 Å². The number of carbonyl (C=O) groups is 2. The van der Waals surface area contributed by atoms with E-state index in [0.29, 0.717) is 6.42 Å². The van der Waals surface area contributed by atoms with Crippen LogP contribution in [0.1, 0.15) is 45.2 Å². The molecule has 0 heterocycles. The average Bonchev–Trinajstić information content (AvgIpc) is 2.70. The van der Waals surface area contributed by atoms with Crippen molar-refractivity contribution in [3.05, 3.63) is 65.5 Å². The van der Waals surface area contributed by atoms with Gasteiger partial charge in [-0.15, -0.1) is 0 Å². The minimum Gasteiger partial charge on any atom is -0.350 e. The fraction of sp³-hybridized carbons (Fsp3) is 0.440. The van der Waals surface area contributed by atoms with Crippen molar-refractivity contribution in [2.75, 3.05) is 17.1 Å². The third kappa shape index (κ3) is 7.55. The predicted molar refractivity (Wildman–Crippen MR) is 132 cm³/mol. The van der Waals surface area contributed by atoms with Gasteiger partial charge in [0.25, 0.3) is 0 Å². The van der Waals surface area contributed by atoms with Gasteiger partial charge in [-0.3, -0.25) is 13.9 Å². The number of amides is 2. The molecule has 0 aliphatic heterocycles. The average molecular weight is 492 g/mol. The quantitative estimate of drug-likeness (QED) is 0.581. The maximum atomic E-state index is 14.5. The molecule has 2 amide bonds. The van der Waals surface area contributed by atoms with Crippen molar-refractivity contribution in [2.24, 2.45) is 0 Å². The van der Waals surface area contributed by atoms with Gasteiger partial charge in [0.15, 0.2) is 0 Å². The third-order valence-corrected chi connectivity index (χ3v) is 6.25. The Balaban J connectivity index is 2.48. The summed E-state index contributed by atoms with van der Waals surface area (Å²) in [6.45, 7) is 8.70. The maximum absolute atomic E-state index is 14.5. The molecule has 0 aliphatic carbocycles. The SMILES string of the molecule is CC[C@H](C(=O)NC(C)(C)C)N(Cc1cccc(C)c1)C(=O)CN(c1ccccc1F)S(C)(=O)=O. The van der Waals surface area contributed by atoms with Crippen LogP contribution >= 0.6 is 0 Å². The van der Waals surface area contributed by atoms with Gasteiger partial charge in [-0.05, 0) is 51.8 Å². The summed E-state index contributed by atoms with van der Waals surface area (Å²) in [5.74, 6) is -1.71. The second-order valence-electron chi connectivity index (χ2n) is 9.40. The van der Waals surface area contributed by atoms with E-state index in [0.717, 1.165) is 27.8 Å². The highest BCUT2D eigenvalue weighted by molar-refractivity contribution is 7.92. The van der Waals surface area contributed by atoms with Gasteiger partial charge in [0.2, 0.25) is 21.8 Å². The van der Waals surface area contributed by atoms with Crippen molar-refractivity contribution in [2.45, 2.75) is 59.2 Å². The number of rotatable bonds is 9. The zero-order valence-corrected chi connectivity index (χ0v) is 21.4. The van der Waals surface area contributed by atoms with E-state index in [-0.39, 0.29) is 18.1 Å². The van der Waals surface area contributed by atoms with Crippen LogP contribution in [0.2, 0.25) is 0 Å². The number of hydrogen-bond acceptors (Lipinski definition) is 4. The highest BCUT2D eigenvalue weighted by Gasteiger charge is 2.33. The Labute approximate surface area is 202 Å². The second-order valence-corrected chi connectivity index (χ2v) is 11.3. The van der Waals surface area contributed by atoms with Gasteiger partial charge in [0, 0.05) is 12.1 Å². The molecule has 0 fully saturated rings. The van der Waals surface area contributed by atoms with Crippen LogP contribution in [0, 0.1) is 12.7 Å². The molecule has 9 heteroatoms. The molecular formula is C25H34FN3O4S. The summed E-state index contributed by atoms with van der Waals surface area (Å²) in [6.07, 6.45) is 1.24. The van der Waals surface area contributed by atoms with Crippen molar-refractivity contribution >= 4 is 27.5 Å². The zero-order chi connectivity index (χ0) is 25.7. The summed E-state index contributed by atoms with van der Waals surface area (Å²) in [4.78, 5) is 28.0. The normalized spacial score (nSPS) is 12.7. The van der Waals surface area contributed by atoms with Gasteiger partial charge in [-0.25, -0.2) is 12.8 Å². The molecule has 0 aromatic heterocycles. The molecule has 2 aromatic rings. The van der Waals surface area contributed by atoms with E-state index in [9.17, 15) is 22.4 Å². The standard InChI is InChI=1S/C25H34FN3O4S/c1-7-21(24(31)27-25(3,4)5)28(16-19-12-10-11-18(2)15-19)23(30)17-29(34(6,32)33)22-14-9-8-13-20(22)26/h8-15,21H,7,16-17H2,1-6H3,(H,27,31)/t21-/m1/s1. The van der Waals surface area contributed by atoms with Crippen LogP contribution < -0.4 is 9.62 Å². The van der Waals surface area contributed by atoms with E-state index >= 15 is 0 Å². The Hall–Kier alpha value is -2.94. The first-order valence-electron chi connectivity index (χ1n) is 11.1. The van der Waals surface area contributed by atoms with Crippen molar-refractivity contribution in [3.63, 3.8) is 0 Å². The first kappa shape index (κ1) is 27.3. The van der Waals surface area contributed by atoms with Gasteiger partial charge in [-0.1, -0.05) is 48.9 Å². The molecule has 0 saturated carbocycles. The Morgan fingerprint density at radius 1 is 1.09 bits per heavy atom. The lowest BCUT2D eigenvalue weighted by molar-refractivity contribution is -0.141. The maximum Gasteiger partial charge on any atom is 0.244 e. The second kappa shape index (κ2) is 11.0. The number of benzene rings is 2. The van der Waals surface area contributed by atoms with E-state index in [4.69, 9.17) is 0 Å². The molecule has 0 spiro atoms. The molecular weight excluding hydrogens is 457 g/mol. The molecule has 186 valence electrons. The molecule has 0 bridgehead atoms. The lowest BCUT2D eigenvalue weighted by Crippen LogP contribution is -2.55. The van der Waals surface area contributed by atoms with Crippen molar-refractivity contribution in [3.8, 4) is 0 Å². The molecule has 0 aliphatic rings. The summed E-state index contributed by atoms with van der Waals surface area (Å²) < 4.78 is 40.2. The van der Waals surface area contributed by atoms with Crippen LogP contribution in [0.15, 0.2) is 48.5 Å². The monoisotopic (exact) mass is 491 g/mol. The minimum absolute atomic E-state index is 0.103. The summed E-state index contributed by atoms with van der Waals surface area (Å²) in [7, 11) is -3.98. The number of hydrogen-bond donors (Lipinski definition) is 1. The molecule has 34 heavy (non-hydrogen) atoms. The topological polar surface area (TPSA) is 86.8 Å². The van der Waals surface area contributed by atoms with Crippen LogP contribution in [-0.2, 0) is 26.2 Å². The summed E-state index contributed by atoms with van der Waals surface area (Å²) >= 11 is 0. The fourth-order valence-electron chi connectivity index (χ4n) is 3.63. The molecule has 0 unspecified atom stereocenters. The Morgan fingerprint density at radius 2 is 1.74 bits per heavy atom. The molecule has 2 rings (SSSR count). The molecule has 0 saturated heterocycles. The highest BCUT2D eigenvalue weighted by atomic mass is 32.2. The Kier molecular flexibility index (Phi) is 8.83. The predicted octanol–water partition coefficient (Wildman–Crippen LogP) is 3.62. The lowest BCUT2D eigenvalue weighted by Gasteiger charge is -2.34. The van der Waals surface area contributed by atoms with E-state index in [2.05, 4.69) is 5.32 Å². The number of para-hydroxylation sites is 1. The summed E-state index contributed by atoms with van der Waals surface area (Å²) in [5.41, 5.74) is 1.04. The number of halogens is 1. The van der Waals surface area contributed by atoms with Gasteiger partial charge < -0.3 is 10.2 Å². The van der Waals surface area contributed by atoms with E-state index in [1.54, 1.807) is 6.92 Å². The van der Waals surface area contributed by atoms with Crippen LogP contribution in [0.3, 0.4) is 0 Å². The zero-order valence-electron chi connectivity index (χ0n) is 20.6. The third-order valence-electron chi connectivity index (χ3n) is 5.12. The first-order chi connectivity index (χ1) is 15.7. The van der Waals surface area contributed by atoms with Crippen LogP contribution in [0.4, 0.5) is 10.1 Å². The van der Waals surface area contributed by atoms with Gasteiger partial charge in [-0.2, -0.15) is 0 Å². The number of sulfonamides is 1. The van der Waals surface area contributed by atoms with Crippen molar-refractivity contribution in [1.82, 2.24) is 10.2 Å². The van der Waals surface area contributed by atoms with Crippen molar-refractivity contribution < 1.29 is 22.4 Å². The van der Waals surface area contributed by atoms with Crippen LogP contribution in [0.25, 0.3) is 0 Å². The van der Waals surface area contributed by atoms with Gasteiger partial charge >= 0.3 is 0 Å². The number of carbonyl (C=O) groups excluding carboxylic acids is 2. The number of nitrogens with zero attached hydrogens (tertiary/aromatic N) is 2. The van der Waals surface area contributed by atoms with Gasteiger partial charge in [0.05, 0.1) is 11.9 Å². The number of nitrogens with one attached hydrogen (secondary N) is 1. The molecule has 1 atom stereocenters. The van der Waals surface area contributed by atoms with Crippen LogP contribution in [0.5, 0.6) is 0 Å².